The number of nitro groups is 1. The van der Waals surface area contributed by atoms with Gasteiger partial charge in [0.15, 0.2) is 0 Å². The normalized spacial score (nSPS) is 9.88. The number of halogens is 4. The zero-order valence-corrected chi connectivity index (χ0v) is 5.57. The minimum atomic E-state index is -2.36. The maximum absolute atomic E-state index is 9.43. The van der Waals surface area contributed by atoms with E-state index in [1.54, 1.807) is 0 Å². The van der Waals surface area contributed by atoms with Gasteiger partial charge >= 0.3 is 3.92 Å². The Labute approximate surface area is 59.0 Å². The van der Waals surface area contributed by atoms with Crippen LogP contribution >= 0.6 is 34.8 Å². The maximum atomic E-state index is 9.43. The van der Waals surface area contributed by atoms with Crippen LogP contribution in [0.5, 0.6) is 0 Å². The van der Waals surface area contributed by atoms with Gasteiger partial charge in [0.25, 0.3) is 0 Å². The lowest BCUT2D eigenvalue weighted by molar-refractivity contribution is -0.491. The topological polar surface area (TPSA) is 43.1 Å². The Balaban J connectivity index is 0. The first-order valence-electron chi connectivity index (χ1n) is 1.16. The Hall–Kier alpha value is 0.200. The number of rotatable bonds is 0. The van der Waals surface area contributed by atoms with Crippen LogP contribution in [0.25, 0.3) is 0 Å². The summed E-state index contributed by atoms with van der Waals surface area (Å²) in [5.41, 5.74) is 0. The molecule has 0 amide bonds. The first-order valence-corrected chi connectivity index (χ1v) is 2.29. The summed E-state index contributed by atoms with van der Waals surface area (Å²) in [6.07, 6.45) is 0. The molecule has 0 spiro atoms. The molecule has 0 radical (unpaired) electrons. The van der Waals surface area contributed by atoms with Crippen LogP contribution in [0.4, 0.5) is 4.70 Å². The third-order valence-corrected chi connectivity index (χ3v) is 0.621. The summed E-state index contributed by atoms with van der Waals surface area (Å²) in [7, 11) is 0. The number of alkyl halides is 3. The van der Waals surface area contributed by atoms with Crippen molar-refractivity contribution in [3.8, 4) is 0 Å². The van der Waals surface area contributed by atoms with Crippen molar-refractivity contribution in [3.63, 3.8) is 0 Å². The Morgan fingerprint density at radius 3 is 1.50 bits per heavy atom. The van der Waals surface area contributed by atoms with Gasteiger partial charge in [-0.25, -0.2) is 0 Å². The summed E-state index contributed by atoms with van der Waals surface area (Å²) < 4.78 is -2.36. The third kappa shape index (κ3) is 4.36. The van der Waals surface area contributed by atoms with Crippen LogP contribution in [0.1, 0.15) is 0 Å². The average Bonchev–Trinajstić information content (AvgIpc) is 1.31. The summed E-state index contributed by atoms with van der Waals surface area (Å²) in [5.74, 6) is 0. The van der Waals surface area contributed by atoms with Crippen molar-refractivity contribution < 1.29 is 9.63 Å². The van der Waals surface area contributed by atoms with E-state index in [1.807, 2.05) is 0 Å². The van der Waals surface area contributed by atoms with Gasteiger partial charge in [-0.3, -0.25) is 14.8 Å². The Bertz CT molecular complexity index is 89.8. The van der Waals surface area contributed by atoms with E-state index in [-0.39, 0.29) is 4.70 Å². The SMILES string of the molecule is F.O=[N+]([O-])C(Cl)(Cl)Cl. The van der Waals surface area contributed by atoms with Crippen LogP contribution in [0, 0.1) is 10.1 Å². The van der Waals surface area contributed by atoms with E-state index in [0.29, 0.717) is 0 Å². The van der Waals surface area contributed by atoms with Crippen LogP contribution in [-0.2, 0) is 0 Å². The molecule has 0 unspecified atom stereocenters. The van der Waals surface area contributed by atoms with Gasteiger partial charge in [-0.2, -0.15) is 0 Å². The van der Waals surface area contributed by atoms with Gasteiger partial charge in [-0.05, 0) is 34.8 Å². The van der Waals surface area contributed by atoms with Crippen LogP contribution < -0.4 is 0 Å². The first-order chi connectivity index (χ1) is 2.94. The highest BCUT2D eigenvalue weighted by Gasteiger charge is 2.33. The Morgan fingerprint density at radius 1 is 1.38 bits per heavy atom. The maximum Gasteiger partial charge on any atom is 0.449 e. The highest BCUT2D eigenvalue weighted by molar-refractivity contribution is 6.65. The van der Waals surface area contributed by atoms with E-state index in [2.05, 4.69) is 0 Å². The van der Waals surface area contributed by atoms with E-state index < -0.39 is 8.84 Å². The highest BCUT2D eigenvalue weighted by Crippen LogP contribution is 2.25. The number of hydrogen-bond acceptors (Lipinski definition) is 2. The second-order valence-corrected chi connectivity index (χ2v) is 2.95. The molecule has 0 atom stereocenters. The van der Waals surface area contributed by atoms with E-state index in [0.717, 1.165) is 0 Å². The van der Waals surface area contributed by atoms with Crippen LogP contribution in [-0.4, -0.2) is 8.84 Å². The van der Waals surface area contributed by atoms with Crippen molar-refractivity contribution in [2.24, 2.45) is 0 Å². The fourth-order valence-electron chi connectivity index (χ4n) is 0. The van der Waals surface area contributed by atoms with Crippen molar-refractivity contribution in [2.75, 3.05) is 0 Å². The molecule has 0 saturated heterocycles. The molecule has 0 aliphatic heterocycles. The lowest BCUT2D eigenvalue weighted by Gasteiger charge is -1.96. The lowest BCUT2D eigenvalue weighted by Crippen LogP contribution is -2.15. The molecule has 3 nitrogen and oxygen atoms in total. The minimum Gasteiger partial charge on any atom is -0.269 e. The minimum absolute atomic E-state index is 0. The fraction of sp³-hybridized carbons (Fsp3) is 1.00. The summed E-state index contributed by atoms with van der Waals surface area (Å²) in [6.45, 7) is 0. The molecular formula is CHCl3FNO2. The molecule has 0 fully saturated rings. The van der Waals surface area contributed by atoms with Crippen LogP contribution in [0.3, 0.4) is 0 Å². The van der Waals surface area contributed by atoms with Gasteiger partial charge in [0.1, 0.15) is 0 Å². The summed E-state index contributed by atoms with van der Waals surface area (Å²) in [4.78, 5) is 8.41. The van der Waals surface area contributed by atoms with E-state index in [4.69, 9.17) is 34.8 Å². The third-order valence-electron chi connectivity index (χ3n) is 0.207. The molecule has 0 bridgehead atoms. The Morgan fingerprint density at radius 2 is 1.50 bits per heavy atom. The largest absolute Gasteiger partial charge is 0.449 e. The molecule has 8 heavy (non-hydrogen) atoms. The fourth-order valence-corrected chi connectivity index (χ4v) is 0. The molecule has 0 saturated carbocycles. The molecule has 0 aromatic heterocycles. The van der Waals surface area contributed by atoms with Gasteiger partial charge < -0.3 is 0 Å². The summed E-state index contributed by atoms with van der Waals surface area (Å²) in [6, 6.07) is 0. The molecular weight excluding hydrogens is 183 g/mol. The number of hydrogen-bond donors (Lipinski definition) is 0. The smallest absolute Gasteiger partial charge is 0.269 e. The molecule has 0 aromatic carbocycles. The lowest BCUT2D eigenvalue weighted by atomic mass is 11.4. The molecule has 0 N–H and O–H groups in total. The molecule has 0 aliphatic rings. The second-order valence-electron chi connectivity index (χ2n) is 0.725. The predicted octanol–water partition coefficient (Wildman–Crippen LogP) is 1.74. The second kappa shape index (κ2) is 3.27. The quantitative estimate of drug-likeness (QED) is 0.249. The summed E-state index contributed by atoms with van der Waals surface area (Å²) in [5, 5.41) is 9.43. The molecule has 50 valence electrons. The molecule has 0 rings (SSSR count). The van der Waals surface area contributed by atoms with Gasteiger partial charge in [-0.1, -0.05) is 0 Å². The zero-order chi connectivity index (χ0) is 6.08. The monoisotopic (exact) mass is 183 g/mol. The van der Waals surface area contributed by atoms with Crippen molar-refractivity contribution in [1.82, 2.24) is 0 Å². The predicted molar refractivity (Wildman–Crippen MR) is 29.8 cm³/mol. The van der Waals surface area contributed by atoms with Crippen LogP contribution in [0.2, 0.25) is 0 Å². The van der Waals surface area contributed by atoms with E-state index >= 15 is 0 Å². The van der Waals surface area contributed by atoms with Gasteiger partial charge in [0, 0.05) is 0 Å². The van der Waals surface area contributed by atoms with Gasteiger partial charge in [-0.15, -0.1) is 0 Å². The molecule has 0 heterocycles. The average molecular weight is 184 g/mol. The van der Waals surface area contributed by atoms with E-state index in [9.17, 15) is 10.1 Å². The zero-order valence-electron chi connectivity index (χ0n) is 3.31. The van der Waals surface area contributed by atoms with Crippen molar-refractivity contribution in [1.29, 1.82) is 0 Å². The van der Waals surface area contributed by atoms with Crippen LogP contribution in [0.15, 0.2) is 0 Å². The molecule has 0 aromatic rings. The molecule has 7 heteroatoms. The molecule has 0 aliphatic carbocycles. The standard InChI is InChI=1S/CCl3NO2.FH/c2-1(3,4)5(6)7;/h;1H. The first kappa shape index (κ1) is 11.1. The Kier molecular flexibility index (Phi) is 4.52. The highest BCUT2D eigenvalue weighted by atomic mass is 35.6. The van der Waals surface area contributed by atoms with Gasteiger partial charge in [0.2, 0.25) is 0 Å². The van der Waals surface area contributed by atoms with Crippen molar-refractivity contribution in [2.45, 2.75) is 3.92 Å². The van der Waals surface area contributed by atoms with Crippen molar-refractivity contribution >= 4 is 34.8 Å². The van der Waals surface area contributed by atoms with E-state index in [1.165, 1.54) is 0 Å². The van der Waals surface area contributed by atoms with Gasteiger partial charge in [0.05, 0.1) is 4.92 Å². The van der Waals surface area contributed by atoms with Crippen molar-refractivity contribution in [3.05, 3.63) is 10.1 Å². The number of nitrogens with zero attached hydrogens (tertiary/aromatic N) is 1. The summed E-state index contributed by atoms with van der Waals surface area (Å²) >= 11 is 14.1.